The molecule has 1 aromatic carbocycles. The zero-order chi connectivity index (χ0) is 16.5. The maximum atomic E-state index is 11.2. The molecule has 5 heteroatoms. The summed E-state index contributed by atoms with van der Waals surface area (Å²) >= 11 is 0. The maximum absolute atomic E-state index is 11.2. The Bertz CT molecular complexity index is 683. The van der Waals surface area contributed by atoms with Crippen molar-refractivity contribution in [3.8, 4) is 5.75 Å². The van der Waals surface area contributed by atoms with Crippen molar-refractivity contribution in [1.29, 1.82) is 0 Å². The Hall–Kier alpha value is -1.85. The number of nitrogens with one attached hydrogen (secondary N) is 2. The van der Waals surface area contributed by atoms with Gasteiger partial charge in [-0.15, -0.1) is 0 Å². The first-order valence-corrected chi connectivity index (χ1v) is 7.41. The highest BCUT2D eigenvalue weighted by Gasteiger charge is 2.18. The van der Waals surface area contributed by atoms with Crippen LogP contribution in [0.4, 0.5) is 0 Å². The number of aliphatic hydroxyl groups is 1. The number of rotatable bonds is 4. The number of carbonyl (C=O) groups is 1. The number of aromatic amines is 1. The lowest BCUT2D eigenvalue weighted by Gasteiger charge is -2.23. The van der Waals surface area contributed by atoms with Crippen LogP contribution in [0.15, 0.2) is 18.2 Å². The van der Waals surface area contributed by atoms with Gasteiger partial charge in [0.05, 0.1) is 11.6 Å². The van der Waals surface area contributed by atoms with Gasteiger partial charge in [-0.1, -0.05) is 6.07 Å². The summed E-state index contributed by atoms with van der Waals surface area (Å²) in [5.41, 5.74) is 2.44. The Morgan fingerprint density at radius 2 is 2.09 bits per heavy atom. The summed E-state index contributed by atoms with van der Waals surface area (Å²) in [5.74, 6) is 0.117. The highest BCUT2D eigenvalue weighted by molar-refractivity contribution is 5.91. The van der Waals surface area contributed by atoms with E-state index in [-0.39, 0.29) is 11.5 Å². The summed E-state index contributed by atoms with van der Waals surface area (Å²) in [6.07, 6.45) is -0.636. The van der Waals surface area contributed by atoms with Crippen LogP contribution >= 0.6 is 0 Å². The average molecular weight is 304 g/mol. The van der Waals surface area contributed by atoms with Crippen molar-refractivity contribution in [3.63, 3.8) is 0 Å². The van der Waals surface area contributed by atoms with Gasteiger partial charge in [-0.25, -0.2) is 0 Å². The molecule has 0 aliphatic rings. The second-order valence-electron chi connectivity index (χ2n) is 6.63. The minimum absolute atomic E-state index is 0.0637. The highest BCUT2D eigenvalue weighted by atomic mass is 16.5. The molecule has 0 fully saturated rings. The summed E-state index contributed by atoms with van der Waals surface area (Å²) in [7, 11) is 0. The zero-order valence-corrected chi connectivity index (χ0v) is 13.8. The molecule has 1 aromatic heterocycles. The van der Waals surface area contributed by atoms with E-state index in [0.29, 0.717) is 12.3 Å². The number of hydrogen-bond acceptors (Lipinski definition) is 4. The summed E-state index contributed by atoms with van der Waals surface area (Å²) in [6, 6.07) is 5.48. The maximum Gasteiger partial charge on any atom is 0.308 e. The van der Waals surface area contributed by atoms with Crippen LogP contribution < -0.4 is 10.1 Å². The molecular weight excluding hydrogens is 280 g/mol. The molecule has 0 saturated carbocycles. The van der Waals surface area contributed by atoms with Crippen molar-refractivity contribution in [1.82, 2.24) is 10.3 Å². The second-order valence-corrected chi connectivity index (χ2v) is 6.63. The van der Waals surface area contributed by atoms with Crippen LogP contribution in [0, 0.1) is 6.92 Å². The highest BCUT2D eigenvalue weighted by Crippen LogP contribution is 2.32. The van der Waals surface area contributed by atoms with E-state index in [4.69, 9.17) is 4.74 Å². The van der Waals surface area contributed by atoms with Crippen LogP contribution in [-0.4, -0.2) is 28.1 Å². The number of hydrogen-bond donors (Lipinski definition) is 3. The van der Waals surface area contributed by atoms with Gasteiger partial charge in [0.1, 0.15) is 0 Å². The largest absolute Gasteiger partial charge is 0.424 e. The van der Waals surface area contributed by atoms with Crippen molar-refractivity contribution in [2.75, 3.05) is 6.54 Å². The molecule has 120 valence electrons. The lowest BCUT2D eigenvalue weighted by atomic mass is 10.0. The van der Waals surface area contributed by atoms with Crippen LogP contribution in [-0.2, 0) is 4.79 Å². The third-order valence-electron chi connectivity index (χ3n) is 3.36. The van der Waals surface area contributed by atoms with Gasteiger partial charge in [-0.3, -0.25) is 4.79 Å². The first-order chi connectivity index (χ1) is 10.2. The van der Waals surface area contributed by atoms with Crippen LogP contribution in [0.3, 0.4) is 0 Å². The lowest BCUT2D eigenvalue weighted by molar-refractivity contribution is -0.131. The fourth-order valence-electron chi connectivity index (χ4n) is 2.39. The van der Waals surface area contributed by atoms with E-state index in [1.54, 1.807) is 6.07 Å². The molecule has 2 aromatic rings. The summed E-state index contributed by atoms with van der Waals surface area (Å²) in [4.78, 5) is 14.4. The van der Waals surface area contributed by atoms with E-state index in [1.165, 1.54) is 6.92 Å². The van der Waals surface area contributed by atoms with Gasteiger partial charge in [0.25, 0.3) is 0 Å². The van der Waals surface area contributed by atoms with Crippen LogP contribution in [0.25, 0.3) is 10.9 Å². The van der Waals surface area contributed by atoms with Crippen molar-refractivity contribution in [3.05, 3.63) is 29.5 Å². The molecule has 3 N–H and O–H groups in total. The molecule has 0 radical (unpaired) electrons. The zero-order valence-electron chi connectivity index (χ0n) is 13.8. The molecular formula is C17H24N2O3. The second kappa shape index (κ2) is 6.10. The number of β-amino-alcohol motifs (C(OH)–C–C–N with tert-alkyl or cyclic N) is 1. The number of aliphatic hydroxyl groups excluding tert-OH is 1. The molecule has 0 saturated heterocycles. The number of aryl methyl sites for hydroxylation is 1. The number of fused-ring (bicyclic) bond motifs is 1. The molecule has 0 bridgehead atoms. The van der Waals surface area contributed by atoms with Crippen LogP contribution in [0.1, 0.15) is 45.1 Å². The predicted octanol–water partition coefficient (Wildman–Crippen LogP) is 2.82. The topological polar surface area (TPSA) is 74.3 Å². The van der Waals surface area contributed by atoms with E-state index in [0.717, 1.165) is 22.2 Å². The smallest absolute Gasteiger partial charge is 0.308 e. The normalized spacial score (nSPS) is 13.4. The number of benzene rings is 1. The van der Waals surface area contributed by atoms with E-state index in [9.17, 15) is 9.90 Å². The Labute approximate surface area is 130 Å². The van der Waals surface area contributed by atoms with Gasteiger partial charge in [-0.2, -0.15) is 0 Å². The third kappa shape index (κ3) is 3.87. The molecule has 2 rings (SSSR count). The fraction of sp³-hybridized carbons (Fsp3) is 0.471. The van der Waals surface area contributed by atoms with Gasteiger partial charge >= 0.3 is 5.97 Å². The number of H-pyrrole nitrogens is 1. The fourth-order valence-corrected chi connectivity index (χ4v) is 2.39. The molecule has 1 unspecified atom stereocenters. The number of esters is 1. The van der Waals surface area contributed by atoms with E-state index < -0.39 is 6.10 Å². The van der Waals surface area contributed by atoms with E-state index in [1.807, 2.05) is 19.1 Å². The van der Waals surface area contributed by atoms with Crippen molar-refractivity contribution < 1.29 is 14.6 Å². The first-order valence-electron chi connectivity index (χ1n) is 7.41. The summed E-state index contributed by atoms with van der Waals surface area (Å²) in [5, 5.41) is 14.6. The summed E-state index contributed by atoms with van der Waals surface area (Å²) in [6.45, 7) is 9.92. The average Bonchev–Trinajstić information content (AvgIpc) is 2.76. The molecule has 0 aliphatic carbocycles. The SMILES string of the molecule is CC(=O)Oc1ccc(C(O)CNC(C)(C)C)c2cc(C)[nH]c12. The van der Waals surface area contributed by atoms with Crippen LogP contribution in [0.5, 0.6) is 5.75 Å². The minimum Gasteiger partial charge on any atom is -0.424 e. The van der Waals surface area contributed by atoms with Crippen molar-refractivity contribution in [2.24, 2.45) is 0 Å². The first kappa shape index (κ1) is 16.5. The Morgan fingerprint density at radius 3 is 2.68 bits per heavy atom. The molecule has 22 heavy (non-hydrogen) atoms. The minimum atomic E-state index is -0.636. The van der Waals surface area contributed by atoms with E-state index in [2.05, 4.69) is 31.1 Å². The lowest BCUT2D eigenvalue weighted by Crippen LogP contribution is -2.38. The molecule has 0 spiro atoms. The van der Waals surface area contributed by atoms with Gasteiger partial charge in [0.15, 0.2) is 5.75 Å². The molecule has 1 heterocycles. The predicted molar refractivity (Wildman–Crippen MR) is 87.1 cm³/mol. The molecule has 0 amide bonds. The van der Waals surface area contributed by atoms with Gasteiger partial charge < -0.3 is 20.1 Å². The third-order valence-corrected chi connectivity index (χ3v) is 3.36. The van der Waals surface area contributed by atoms with Gasteiger partial charge in [0, 0.05) is 30.1 Å². The Kier molecular flexibility index (Phi) is 4.58. The summed E-state index contributed by atoms with van der Waals surface area (Å²) < 4.78 is 5.22. The standard InChI is InChI=1S/C17H24N2O3/c1-10-8-13-12(14(21)9-18-17(3,4)5)6-7-15(16(13)19-10)22-11(2)20/h6-8,14,18-19,21H,9H2,1-5H3. The molecule has 1 atom stereocenters. The van der Waals surface area contributed by atoms with Gasteiger partial charge in [0.2, 0.25) is 0 Å². The van der Waals surface area contributed by atoms with Crippen LogP contribution in [0.2, 0.25) is 0 Å². The number of ether oxygens (including phenoxy) is 1. The number of carbonyl (C=O) groups excluding carboxylic acids is 1. The monoisotopic (exact) mass is 304 g/mol. The Morgan fingerprint density at radius 1 is 1.41 bits per heavy atom. The molecule has 0 aliphatic heterocycles. The van der Waals surface area contributed by atoms with E-state index >= 15 is 0 Å². The quantitative estimate of drug-likeness (QED) is 0.600. The Balaban J connectivity index is 2.37. The molecule has 5 nitrogen and oxygen atoms in total. The number of aromatic nitrogens is 1. The van der Waals surface area contributed by atoms with Crippen molar-refractivity contribution in [2.45, 2.75) is 46.3 Å². The van der Waals surface area contributed by atoms with Gasteiger partial charge in [-0.05, 0) is 45.4 Å². The van der Waals surface area contributed by atoms with Crippen molar-refractivity contribution >= 4 is 16.9 Å².